The molecule has 0 aliphatic carbocycles. The second-order valence-electron chi connectivity index (χ2n) is 4.40. The first-order valence-electron chi connectivity index (χ1n) is 6.15. The average Bonchev–Trinajstić information content (AvgIpc) is 2.66. The van der Waals surface area contributed by atoms with Gasteiger partial charge in [0.2, 0.25) is 5.91 Å². The SMILES string of the molecule is CCCCc1nc2c(N)cccc2n1CC(N)=O. The molecule has 2 rings (SSSR count). The molecule has 1 heterocycles. The number of rotatable bonds is 5. The van der Waals surface area contributed by atoms with Gasteiger partial charge in [-0.15, -0.1) is 0 Å². The number of fused-ring (bicyclic) bond motifs is 1. The Morgan fingerprint density at radius 2 is 2.22 bits per heavy atom. The number of anilines is 1. The lowest BCUT2D eigenvalue weighted by Crippen LogP contribution is -2.20. The number of carbonyl (C=O) groups excluding carboxylic acids is 1. The fourth-order valence-electron chi connectivity index (χ4n) is 2.07. The van der Waals surface area contributed by atoms with E-state index in [1.54, 1.807) is 0 Å². The molecule has 0 aliphatic heterocycles. The van der Waals surface area contributed by atoms with E-state index in [4.69, 9.17) is 11.5 Å². The van der Waals surface area contributed by atoms with E-state index in [1.165, 1.54) is 0 Å². The van der Waals surface area contributed by atoms with Crippen LogP contribution in [0.3, 0.4) is 0 Å². The Morgan fingerprint density at radius 1 is 1.44 bits per heavy atom. The number of primary amides is 1. The molecule has 0 fully saturated rings. The van der Waals surface area contributed by atoms with Crippen molar-refractivity contribution >= 4 is 22.6 Å². The number of imidazole rings is 1. The molecule has 1 aromatic heterocycles. The molecule has 0 atom stereocenters. The number of benzene rings is 1. The van der Waals surface area contributed by atoms with Crippen molar-refractivity contribution in [2.24, 2.45) is 5.73 Å². The van der Waals surface area contributed by atoms with Gasteiger partial charge in [0, 0.05) is 6.42 Å². The number of nitrogens with two attached hydrogens (primary N) is 2. The molecule has 4 N–H and O–H groups in total. The maximum absolute atomic E-state index is 11.2. The highest BCUT2D eigenvalue weighted by Gasteiger charge is 2.13. The molecule has 96 valence electrons. The molecular formula is C13H18N4O. The molecule has 0 unspecified atom stereocenters. The van der Waals surface area contributed by atoms with Crippen molar-refractivity contribution < 1.29 is 4.79 Å². The first kappa shape index (κ1) is 12.4. The Balaban J connectivity index is 2.53. The molecule has 0 bridgehead atoms. The van der Waals surface area contributed by atoms with Gasteiger partial charge in [0.05, 0.1) is 11.2 Å². The third kappa shape index (κ3) is 2.30. The van der Waals surface area contributed by atoms with Gasteiger partial charge in [0.15, 0.2) is 0 Å². The van der Waals surface area contributed by atoms with E-state index in [9.17, 15) is 4.79 Å². The quantitative estimate of drug-likeness (QED) is 0.783. The lowest BCUT2D eigenvalue weighted by molar-refractivity contribution is -0.118. The second kappa shape index (κ2) is 5.08. The van der Waals surface area contributed by atoms with Crippen LogP contribution >= 0.6 is 0 Å². The Labute approximate surface area is 106 Å². The van der Waals surface area contributed by atoms with Crippen molar-refractivity contribution in [3.63, 3.8) is 0 Å². The smallest absolute Gasteiger partial charge is 0.237 e. The van der Waals surface area contributed by atoms with Crippen molar-refractivity contribution in [2.75, 3.05) is 5.73 Å². The molecule has 0 saturated carbocycles. The van der Waals surface area contributed by atoms with Gasteiger partial charge in [-0.1, -0.05) is 19.4 Å². The third-order valence-corrected chi connectivity index (χ3v) is 2.96. The average molecular weight is 246 g/mol. The van der Waals surface area contributed by atoms with Gasteiger partial charge in [-0.05, 0) is 18.6 Å². The zero-order valence-electron chi connectivity index (χ0n) is 10.5. The van der Waals surface area contributed by atoms with Crippen LogP contribution in [0.15, 0.2) is 18.2 Å². The van der Waals surface area contributed by atoms with Crippen LogP contribution in [0.5, 0.6) is 0 Å². The molecule has 18 heavy (non-hydrogen) atoms. The predicted octanol–water partition coefficient (Wildman–Crippen LogP) is 1.45. The molecule has 2 aromatic rings. The summed E-state index contributed by atoms with van der Waals surface area (Å²) >= 11 is 0. The Kier molecular flexibility index (Phi) is 3.50. The molecule has 5 nitrogen and oxygen atoms in total. The van der Waals surface area contributed by atoms with Gasteiger partial charge in [-0.25, -0.2) is 4.98 Å². The Morgan fingerprint density at radius 3 is 2.89 bits per heavy atom. The number of unbranched alkanes of at least 4 members (excludes halogenated alkanes) is 1. The van der Waals surface area contributed by atoms with Crippen LogP contribution in [0, 0.1) is 0 Å². The Hall–Kier alpha value is -2.04. The van der Waals surface area contributed by atoms with Gasteiger partial charge in [-0.2, -0.15) is 0 Å². The van der Waals surface area contributed by atoms with Crippen molar-refractivity contribution in [1.82, 2.24) is 9.55 Å². The molecule has 5 heteroatoms. The van der Waals surface area contributed by atoms with E-state index in [1.807, 2.05) is 22.8 Å². The number of carbonyl (C=O) groups is 1. The minimum absolute atomic E-state index is 0.152. The first-order valence-corrected chi connectivity index (χ1v) is 6.15. The summed E-state index contributed by atoms with van der Waals surface area (Å²) in [5.74, 6) is 0.512. The minimum Gasteiger partial charge on any atom is -0.397 e. The predicted molar refractivity (Wildman–Crippen MR) is 72.0 cm³/mol. The van der Waals surface area contributed by atoms with Crippen molar-refractivity contribution in [2.45, 2.75) is 32.7 Å². The largest absolute Gasteiger partial charge is 0.397 e. The summed E-state index contributed by atoms with van der Waals surface area (Å²) in [6.07, 6.45) is 2.94. The molecule has 0 saturated heterocycles. The zero-order chi connectivity index (χ0) is 13.1. The summed E-state index contributed by atoms with van der Waals surface area (Å²) in [4.78, 5) is 15.7. The highest BCUT2D eigenvalue weighted by Crippen LogP contribution is 2.22. The van der Waals surface area contributed by atoms with Crippen LogP contribution in [-0.4, -0.2) is 15.5 Å². The fraction of sp³-hybridized carbons (Fsp3) is 0.385. The topological polar surface area (TPSA) is 86.9 Å². The van der Waals surface area contributed by atoms with E-state index in [0.29, 0.717) is 5.69 Å². The number of hydrogen-bond donors (Lipinski definition) is 2. The summed E-state index contributed by atoms with van der Waals surface area (Å²) < 4.78 is 1.86. The van der Waals surface area contributed by atoms with E-state index in [-0.39, 0.29) is 12.5 Å². The maximum atomic E-state index is 11.2. The summed E-state index contributed by atoms with van der Waals surface area (Å²) in [7, 11) is 0. The minimum atomic E-state index is -0.366. The monoisotopic (exact) mass is 246 g/mol. The van der Waals surface area contributed by atoms with Crippen LogP contribution in [0.1, 0.15) is 25.6 Å². The van der Waals surface area contributed by atoms with E-state index < -0.39 is 0 Å². The third-order valence-electron chi connectivity index (χ3n) is 2.96. The number of hydrogen-bond acceptors (Lipinski definition) is 3. The number of nitrogen functional groups attached to an aromatic ring is 1. The van der Waals surface area contributed by atoms with Crippen LogP contribution in [0.2, 0.25) is 0 Å². The summed E-state index contributed by atoms with van der Waals surface area (Å²) in [5, 5.41) is 0. The standard InChI is InChI=1S/C13H18N4O/c1-2-3-7-12-16-13-9(14)5-4-6-10(13)17(12)8-11(15)18/h4-6H,2-3,7-8,14H2,1H3,(H2,15,18). The van der Waals surface area contributed by atoms with Gasteiger partial charge in [-0.3, -0.25) is 4.79 Å². The first-order chi connectivity index (χ1) is 8.63. The molecular weight excluding hydrogens is 228 g/mol. The van der Waals surface area contributed by atoms with E-state index in [2.05, 4.69) is 11.9 Å². The molecule has 0 spiro atoms. The summed E-state index contributed by atoms with van der Waals surface area (Å²) in [6, 6.07) is 5.59. The molecule has 1 amide bonds. The number of amides is 1. The number of nitrogens with zero attached hydrogens (tertiary/aromatic N) is 2. The van der Waals surface area contributed by atoms with Crippen LogP contribution in [0.25, 0.3) is 11.0 Å². The van der Waals surface area contributed by atoms with Crippen LogP contribution in [-0.2, 0) is 17.8 Å². The second-order valence-corrected chi connectivity index (χ2v) is 4.40. The normalized spacial score (nSPS) is 10.9. The fourth-order valence-corrected chi connectivity index (χ4v) is 2.07. The van der Waals surface area contributed by atoms with Gasteiger partial charge < -0.3 is 16.0 Å². The van der Waals surface area contributed by atoms with Crippen LogP contribution < -0.4 is 11.5 Å². The van der Waals surface area contributed by atoms with Gasteiger partial charge >= 0.3 is 0 Å². The summed E-state index contributed by atoms with van der Waals surface area (Å²) in [5.41, 5.74) is 13.5. The van der Waals surface area contributed by atoms with E-state index >= 15 is 0 Å². The molecule has 0 radical (unpaired) electrons. The lowest BCUT2D eigenvalue weighted by atomic mass is 10.2. The van der Waals surface area contributed by atoms with Crippen LogP contribution in [0.4, 0.5) is 5.69 Å². The zero-order valence-corrected chi connectivity index (χ0v) is 10.5. The Bertz CT molecular complexity index is 574. The van der Waals surface area contributed by atoms with Gasteiger partial charge in [0.1, 0.15) is 17.9 Å². The van der Waals surface area contributed by atoms with Crippen molar-refractivity contribution in [3.8, 4) is 0 Å². The summed E-state index contributed by atoms with van der Waals surface area (Å²) in [6.45, 7) is 2.27. The van der Waals surface area contributed by atoms with Gasteiger partial charge in [0.25, 0.3) is 0 Å². The lowest BCUT2D eigenvalue weighted by Gasteiger charge is -2.06. The van der Waals surface area contributed by atoms with E-state index in [0.717, 1.165) is 36.1 Å². The highest BCUT2D eigenvalue weighted by atomic mass is 16.1. The number of para-hydroxylation sites is 1. The maximum Gasteiger partial charge on any atom is 0.237 e. The highest BCUT2D eigenvalue weighted by molar-refractivity contribution is 5.88. The number of aryl methyl sites for hydroxylation is 1. The number of aromatic nitrogens is 2. The molecule has 1 aromatic carbocycles. The molecule has 0 aliphatic rings. The van der Waals surface area contributed by atoms with Crippen molar-refractivity contribution in [1.29, 1.82) is 0 Å². The van der Waals surface area contributed by atoms with Crippen molar-refractivity contribution in [3.05, 3.63) is 24.0 Å².